The number of carbonyl (C=O) groups is 1. The van der Waals surface area contributed by atoms with Gasteiger partial charge in [0.25, 0.3) is 0 Å². The van der Waals surface area contributed by atoms with Crippen LogP contribution in [0.1, 0.15) is 11.4 Å². The predicted molar refractivity (Wildman–Crippen MR) is 95.0 cm³/mol. The topological polar surface area (TPSA) is 54.9 Å². The molecule has 1 N–H and O–H groups in total. The highest BCUT2D eigenvalue weighted by atomic mass is 32.2. The smallest absolute Gasteiger partial charge is 0.325 e. The van der Waals surface area contributed by atoms with E-state index in [0.717, 1.165) is 11.8 Å². The van der Waals surface area contributed by atoms with E-state index < -0.39 is 23.7 Å². The fraction of sp³-hybridized carbons (Fsp3) is 0.167. The van der Waals surface area contributed by atoms with Crippen molar-refractivity contribution in [1.82, 2.24) is 9.97 Å². The summed E-state index contributed by atoms with van der Waals surface area (Å²) in [4.78, 5) is 19.2. The standard InChI is InChI=1S/C18H13F4N3OS/c1-10-6-7-11(8-13(10)19)23-15(26)9-27-16-12-4-2-3-5-14(12)24-17(25-16)18(20,21)22/h2-8H,9H2,1H3,(H,23,26). The number of carbonyl (C=O) groups excluding carboxylic acids is 1. The Morgan fingerprint density at radius 3 is 2.59 bits per heavy atom. The first kappa shape index (κ1) is 19.1. The van der Waals surface area contributed by atoms with Crippen molar-refractivity contribution in [3.05, 3.63) is 59.7 Å². The van der Waals surface area contributed by atoms with Crippen LogP contribution in [0.15, 0.2) is 47.5 Å². The van der Waals surface area contributed by atoms with Crippen LogP contribution >= 0.6 is 11.8 Å². The van der Waals surface area contributed by atoms with Crippen molar-refractivity contribution in [1.29, 1.82) is 0 Å². The summed E-state index contributed by atoms with van der Waals surface area (Å²) in [7, 11) is 0. The lowest BCUT2D eigenvalue weighted by Gasteiger charge is -2.10. The molecule has 0 fully saturated rings. The average molecular weight is 395 g/mol. The van der Waals surface area contributed by atoms with Gasteiger partial charge in [0.15, 0.2) is 0 Å². The molecule has 0 saturated carbocycles. The maximum absolute atomic E-state index is 13.5. The van der Waals surface area contributed by atoms with Crippen LogP contribution in [-0.2, 0) is 11.0 Å². The number of nitrogens with zero attached hydrogens (tertiary/aromatic N) is 2. The van der Waals surface area contributed by atoms with Crippen molar-refractivity contribution in [2.75, 3.05) is 11.1 Å². The Bertz CT molecular complexity index is 1010. The molecule has 0 radical (unpaired) electrons. The number of hydrogen-bond acceptors (Lipinski definition) is 4. The Hall–Kier alpha value is -2.68. The van der Waals surface area contributed by atoms with Gasteiger partial charge in [0.05, 0.1) is 11.3 Å². The number of aromatic nitrogens is 2. The first-order valence-electron chi connectivity index (χ1n) is 7.77. The summed E-state index contributed by atoms with van der Waals surface area (Å²) in [6, 6.07) is 10.5. The maximum Gasteiger partial charge on any atom is 0.451 e. The summed E-state index contributed by atoms with van der Waals surface area (Å²) < 4.78 is 52.5. The molecule has 9 heteroatoms. The third-order valence-electron chi connectivity index (χ3n) is 3.62. The molecule has 3 aromatic rings. The van der Waals surface area contributed by atoms with Crippen molar-refractivity contribution in [2.24, 2.45) is 0 Å². The minimum Gasteiger partial charge on any atom is -0.325 e. The molecule has 0 unspecified atom stereocenters. The highest BCUT2D eigenvalue weighted by Gasteiger charge is 2.35. The van der Waals surface area contributed by atoms with Crippen LogP contribution in [-0.4, -0.2) is 21.6 Å². The fourth-order valence-corrected chi connectivity index (χ4v) is 3.10. The Balaban J connectivity index is 1.79. The second-order valence-electron chi connectivity index (χ2n) is 5.67. The zero-order valence-electron chi connectivity index (χ0n) is 14.0. The van der Waals surface area contributed by atoms with E-state index in [1.807, 2.05) is 0 Å². The zero-order chi connectivity index (χ0) is 19.6. The van der Waals surface area contributed by atoms with Crippen LogP contribution in [0, 0.1) is 12.7 Å². The molecule has 0 spiro atoms. The van der Waals surface area contributed by atoms with Gasteiger partial charge in [-0.3, -0.25) is 4.79 Å². The first-order chi connectivity index (χ1) is 12.7. The minimum atomic E-state index is -4.69. The fourth-order valence-electron chi connectivity index (χ4n) is 2.29. The highest BCUT2D eigenvalue weighted by molar-refractivity contribution is 8.00. The van der Waals surface area contributed by atoms with Gasteiger partial charge in [-0.15, -0.1) is 0 Å². The Labute approximate surface area is 156 Å². The number of halogens is 4. The summed E-state index contributed by atoms with van der Waals surface area (Å²) in [6.07, 6.45) is -4.69. The van der Waals surface area contributed by atoms with Gasteiger partial charge in [0.2, 0.25) is 11.7 Å². The molecule has 3 rings (SSSR count). The normalized spacial score (nSPS) is 11.6. The molecule has 27 heavy (non-hydrogen) atoms. The number of thioether (sulfide) groups is 1. The van der Waals surface area contributed by atoms with E-state index >= 15 is 0 Å². The lowest BCUT2D eigenvalue weighted by atomic mass is 10.2. The second-order valence-corrected chi connectivity index (χ2v) is 6.63. The predicted octanol–water partition coefficient (Wildman–Crippen LogP) is 4.83. The van der Waals surface area contributed by atoms with Crippen LogP contribution in [0.3, 0.4) is 0 Å². The van der Waals surface area contributed by atoms with Crippen molar-refractivity contribution < 1.29 is 22.4 Å². The van der Waals surface area contributed by atoms with Crippen LogP contribution < -0.4 is 5.32 Å². The molecule has 0 saturated heterocycles. The van der Waals surface area contributed by atoms with Gasteiger partial charge in [-0.1, -0.05) is 36.0 Å². The number of anilines is 1. The lowest BCUT2D eigenvalue weighted by Crippen LogP contribution is -2.15. The number of para-hydroxylation sites is 1. The molecule has 0 aliphatic heterocycles. The van der Waals surface area contributed by atoms with Gasteiger partial charge >= 0.3 is 6.18 Å². The van der Waals surface area contributed by atoms with Crippen LogP contribution in [0.4, 0.5) is 23.2 Å². The highest BCUT2D eigenvalue weighted by Crippen LogP contribution is 2.32. The molecular formula is C18H13F4N3OS. The summed E-state index contributed by atoms with van der Waals surface area (Å²) in [5.74, 6) is -2.39. The number of aryl methyl sites for hydroxylation is 1. The molecule has 1 aromatic heterocycles. The lowest BCUT2D eigenvalue weighted by molar-refractivity contribution is -0.145. The second kappa shape index (κ2) is 7.51. The minimum absolute atomic E-state index is 0.0539. The number of benzene rings is 2. The van der Waals surface area contributed by atoms with Gasteiger partial charge in [-0.2, -0.15) is 13.2 Å². The molecule has 0 bridgehead atoms. The van der Waals surface area contributed by atoms with E-state index in [9.17, 15) is 22.4 Å². The van der Waals surface area contributed by atoms with Crippen LogP contribution in [0.25, 0.3) is 10.9 Å². The third kappa shape index (κ3) is 4.54. The molecule has 4 nitrogen and oxygen atoms in total. The molecule has 0 aliphatic carbocycles. The monoisotopic (exact) mass is 395 g/mol. The van der Waals surface area contributed by atoms with E-state index in [4.69, 9.17) is 0 Å². The molecular weight excluding hydrogens is 382 g/mol. The van der Waals surface area contributed by atoms with Crippen LogP contribution in [0.5, 0.6) is 0 Å². The third-order valence-corrected chi connectivity index (χ3v) is 4.61. The van der Waals surface area contributed by atoms with E-state index in [1.54, 1.807) is 31.2 Å². The van der Waals surface area contributed by atoms with Gasteiger partial charge < -0.3 is 5.32 Å². The van der Waals surface area contributed by atoms with E-state index in [0.29, 0.717) is 10.9 Å². The Kier molecular flexibility index (Phi) is 5.31. The number of amides is 1. The van der Waals surface area contributed by atoms with E-state index in [2.05, 4.69) is 15.3 Å². The maximum atomic E-state index is 13.5. The van der Waals surface area contributed by atoms with Crippen molar-refractivity contribution in [2.45, 2.75) is 18.1 Å². The zero-order valence-corrected chi connectivity index (χ0v) is 14.8. The Morgan fingerprint density at radius 2 is 1.89 bits per heavy atom. The van der Waals surface area contributed by atoms with Gasteiger partial charge in [-0.25, -0.2) is 14.4 Å². The molecule has 2 aromatic carbocycles. The molecule has 1 heterocycles. The number of fused-ring (bicyclic) bond motifs is 1. The number of hydrogen-bond donors (Lipinski definition) is 1. The van der Waals surface area contributed by atoms with Gasteiger partial charge in [0.1, 0.15) is 10.8 Å². The summed E-state index contributed by atoms with van der Waals surface area (Å²) in [5.41, 5.74) is 0.852. The van der Waals surface area contributed by atoms with Crippen molar-refractivity contribution >= 4 is 34.3 Å². The Morgan fingerprint density at radius 1 is 1.15 bits per heavy atom. The van der Waals surface area contributed by atoms with E-state index in [1.165, 1.54) is 18.2 Å². The number of rotatable bonds is 4. The average Bonchev–Trinajstić information content (AvgIpc) is 2.62. The first-order valence-corrected chi connectivity index (χ1v) is 8.75. The van der Waals surface area contributed by atoms with Crippen molar-refractivity contribution in [3.8, 4) is 0 Å². The molecule has 0 aliphatic rings. The quantitative estimate of drug-likeness (QED) is 0.391. The largest absolute Gasteiger partial charge is 0.451 e. The summed E-state index contributed by atoms with van der Waals surface area (Å²) >= 11 is 0.858. The van der Waals surface area contributed by atoms with Crippen LogP contribution in [0.2, 0.25) is 0 Å². The number of nitrogens with one attached hydrogen (secondary N) is 1. The summed E-state index contributed by atoms with van der Waals surface area (Å²) in [5, 5.41) is 2.98. The SMILES string of the molecule is Cc1ccc(NC(=O)CSc2nc(C(F)(F)F)nc3ccccc23)cc1F. The van der Waals surface area contributed by atoms with Crippen molar-refractivity contribution in [3.63, 3.8) is 0 Å². The molecule has 1 amide bonds. The molecule has 0 atom stereocenters. The van der Waals surface area contributed by atoms with Gasteiger partial charge in [0, 0.05) is 11.1 Å². The van der Waals surface area contributed by atoms with E-state index in [-0.39, 0.29) is 22.0 Å². The number of alkyl halides is 3. The molecule has 140 valence electrons. The van der Waals surface area contributed by atoms with Gasteiger partial charge in [-0.05, 0) is 30.7 Å². The summed E-state index contributed by atoms with van der Waals surface area (Å²) in [6.45, 7) is 1.59.